The molecule has 0 aromatic heterocycles. The first-order chi connectivity index (χ1) is 13.5. The number of aliphatic hydroxyl groups is 1. The average Bonchev–Trinajstić information content (AvgIpc) is 2.56. The molecule has 1 N–H and O–H groups in total. The molecule has 1 heterocycles. The lowest BCUT2D eigenvalue weighted by atomic mass is 9.59. The van der Waals surface area contributed by atoms with E-state index in [1.54, 1.807) is 7.11 Å². The number of Topliss-reactive ketones (excluding diaryl/α,β-unsaturated/α-hetero) is 2. The van der Waals surface area contributed by atoms with Gasteiger partial charge >= 0.3 is 0 Å². The normalized spacial score (nSPS) is 32.9. The molecular weight excluding hydrogens is 368 g/mol. The summed E-state index contributed by atoms with van der Waals surface area (Å²) >= 11 is 0. The summed E-state index contributed by atoms with van der Waals surface area (Å²) in [4.78, 5) is 26.6. The molecule has 0 bridgehead atoms. The summed E-state index contributed by atoms with van der Waals surface area (Å²) in [5.41, 5.74) is 0.672. The summed E-state index contributed by atoms with van der Waals surface area (Å²) in [5, 5.41) is 11.7. The number of rotatable bonds is 2. The topological polar surface area (TPSA) is 72.8 Å². The first kappa shape index (κ1) is 20.1. The van der Waals surface area contributed by atoms with Crippen molar-refractivity contribution in [3.05, 3.63) is 41.2 Å². The molecule has 5 nitrogen and oxygen atoms in total. The van der Waals surface area contributed by atoms with Crippen LogP contribution in [0.1, 0.15) is 64.9 Å². The van der Waals surface area contributed by atoms with Crippen LogP contribution in [0.25, 0.3) is 0 Å². The lowest BCUT2D eigenvalue weighted by Gasteiger charge is -2.53. The molecule has 1 aromatic carbocycles. The fraction of sp³-hybridized carbons (Fsp3) is 0.583. The predicted molar refractivity (Wildman–Crippen MR) is 108 cm³/mol. The van der Waals surface area contributed by atoms with E-state index in [1.807, 2.05) is 52.0 Å². The van der Waals surface area contributed by atoms with Crippen LogP contribution in [0, 0.1) is 16.7 Å². The number of carbonyl (C=O) groups is 2. The molecule has 0 amide bonds. The van der Waals surface area contributed by atoms with E-state index >= 15 is 0 Å². The van der Waals surface area contributed by atoms with Gasteiger partial charge in [0.1, 0.15) is 17.3 Å². The maximum absolute atomic E-state index is 13.3. The second kappa shape index (κ2) is 6.43. The molecule has 29 heavy (non-hydrogen) atoms. The number of ether oxygens (including phenoxy) is 2. The summed E-state index contributed by atoms with van der Waals surface area (Å²) in [6.07, 6.45) is 1.64. The number of allylic oxidation sites excluding steroid dienone is 2. The number of carbonyl (C=O) groups excluding carboxylic acids is 2. The molecule has 1 aliphatic heterocycles. The summed E-state index contributed by atoms with van der Waals surface area (Å²) < 4.78 is 11.7. The van der Waals surface area contributed by atoms with Crippen molar-refractivity contribution in [2.24, 2.45) is 16.7 Å². The summed E-state index contributed by atoms with van der Waals surface area (Å²) in [5.74, 6) is -1.94. The van der Waals surface area contributed by atoms with Crippen molar-refractivity contribution in [1.82, 2.24) is 0 Å². The lowest BCUT2D eigenvalue weighted by Crippen LogP contribution is -2.58. The first-order valence-corrected chi connectivity index (χ1v) is 10.3. The highest BCUT2D eigenvalue weighted by atomic mass is 16.6. The van der Waals surface area contributed by atoms with E-state index in [9.17, 15) is 14.7 Å². The van der Waals surface area contributed by atoms with E-state index in [0.29, 0.717) is 42.8 Å². The molecule has 3 atom stereocenters. The molecule has 0 saturated heterocycles. The highest BCUT2D eigenvalue weighted by Crippen LogP contribution is 2.58. The molecule has 0 spiro atoms. The Labute approximate surface area is 172 Å². The van der Waals surface area contributed by atoms with E-state index in [0.717, 1.165) is 5.56 Å². The van der Waals surface area contributed by atoms with Crippen LogP contribution in [0.5, 0.6) is 5.75 Å². The van der Waals surface area contributed by atoms with Crippen LogP contribution in [0.3, 0.4) is 0 Å². The van der Waals surface area contributed by atoms with E-state index in [1.165, 1.54) is 0 Å². The third-order valence-corrected chi connectivity index (χ3v) is 6.51. The molecule has 4 rings (SSSR count). The molecular formula is C24H30O5. The number of fused-ring (bicyclic) bond motifs is 1. The Morgan fingerprint density at radius 1 is 1.03 bits per heavy atom. The maximum atomic E-state index is 13.3. The van der Waals surface area contributed by atoms with Gasteiger partial charge in [-0.3, -0.25) is 9.59 Å². The number of methoxy groups -OCH3 is 1. The third kappa shape index (κ3) is 3.29. The first-order valence-electron chi connectivity index (χ1n) is 10.3. The van der Waals surface area contributed by atoms with Crippen molar-refractivity contribution in [3.63, 3.8) is 0 Å². The molecule has 3 aliphatic rings. The van der Waals surface area contributed by atoms with Gasteiger partial charge in [-0.05, 0) is 16.9 Å². The Morgan fingerprint density at radius 3 is 2.41 bits per heavy atom. The monoisotopic (exact) mass is 398 g/mol. The highest BCUT2D eigenvalue weighted by molar-refractivity contribution is 6.01. The van der Waals surface area contributed by atoms with Gasteiger partial charge in [0.2, 0.25) is 5.79 Å². The molecule has 0 unspecified atom stereocenters. The predicted octanol–water partition coefficient (Wildman–Crippen LogP) is 4.15. The van der Waals surface area contributed by atoms with Crippen molar-refractivity contribution in [2.75, 3.05) is 7.11 Å². The zero-order valence-electron chi connectivity index (χ0n) is 17.9. The van der Waals surface area contributed by atoms with E-state index in [-0.39, 0.29) is 22.4 Å². The fourth-order valence-corrected chi connectivity index (χ4v) is 5.59. The Balaban J connectivity index is 1.96. The Hall–Kier alpha value is -2.14. The summed E-state index contributed by atoms with van der Waals surface area (Å²) in [7, 11) is 1.58. The van der Waals surface area contributed by atoms with Gasteiger partial charge in [0.05, 0.1) is 13.0 Å². The van der Waals surface area contributed by atoms with Gasteiger partial charge in [-0.25, -0.2) is 0 Å². The van der Waals surface area contributed by atoms with E-state index in [4.69, 9.17) is 9.47 Å². The number of benzene rings is 1. The zero-order chi connectivity index (χ0) is 21.2. The van der Waals surface area contributed by atoms with Gasteiger partial charge in [0.25, 0.3) is 0 Å². The highest BCUT2D eigenvalue weighted by Gasteiger charge is 2.61. The fourth-order valence-electron chi connectivity index (χ4n) is 5.59. The van der Waals surface area contributed by atoms with Crippen LogP contribution >= 0.6 is 0 Å². The van der Waals surface area contributed by atoms with Crippen LogP contribution in [0.15, 0.2) is 35.6 Å². The molecule has 1 saturated carbocycles. The Kier molecular flexibility index (Phi) is 4.47. The van der Waals surface area contributed by atoms with Gasteiger partial charge in [-0.15, -0.1) is 0 Å². The van der Waals surface area contributed by atoms with Gasteiger partial charge in [0, 0.05) is 42.7 Å². The smallest absolute Gasteiger partial charge is 0.218 e. The van der Waals surface area contributed by atoms with Gasteiger partial charge in [-0.1, -0.05) is 45.9 Å². The van der Waals surface area contributed by atoms with Crippen molar-refractivity contribution in [2.45, 2.75) is 65.1 Å². The second-order valence-corrected chi connectivity index (χ2v) is 10.4. The number of hydrogen-bond acceptors (Lipinski definition) is 5. The van der Waals surface area contributed by atoms with Crippen LogP contribution < -0.4 is 4.74 Å². The second-order valence-electron chi connectivity index (χ2n) is 10.4. The standard InChI is InChI=1S/C24H30O5/c1-22(2)10-15(25)20-18(12-22)29-24(27)13-23(3,4)11-16(26)21(24)19(20)14-8-6-7-9-17(14)28-5/h6-9,19,21,27H,10-13H2,1-5H3/t19-,21-,24-/m0/s1. The SMILES string of the molecule is COc1ccccc1[C@H]1C2=C(CC(C)(C)CC2=O)O[C@@]2(O)CC(C)(C)CC(=O)[C@@H]12. The molecule has 1 fully saturated rings. The minimum Gasteiger partial charge on any atom is -0.496 e. The number of ketones is 2. The number of hydrogen-bond donors (Lipinski definition) is 1. The lowest BCUT2D eigenvalue weighted by molar-refractivity contribution is -0.253. The third-order valence-electron chi connectivity index (χ3n) is 6.51. The van der Waals surface area contributed by atoms with Crippen molar-refractivity contribution >= 4 is 11.6 Å². The Morgan fingerprint density at radius 2 is 1.72 bits per heavy atom. The summed E-state index contributed by atoms with van der Waals surface area (Å²) in [6, 6.07) is 7.46. The molecule has 1 aromatic rings. The number of para-hydroxylation sites is 1. The summed E-state index contributed by atoms with van der Waals surface area (Å²) in [6.45, 7) is 8.01. The van der Waals surface area contributed by atoms with E-state index in [2.05, 4.69) is 0 Å². The molecule has 2 aliphatic carbocycles. The van der Waals surface area contributed by atoms with Gasteiger partial charge in [-0.2, -0.15) is 0 Å². The average molecular weight is 398 g/mol. The van der Waals surface area contributed by atoms with Gasteiger partial charge < -0.3 is 14.6 Å². The van der Waals surface area contributed by atoms with Crippen molar-refractivity contribution in [3.8, 4) is 5.75 Å². The maximum Gasteiger partial charge on any atom is 0.218 e. The molecule has 0 radical (unpaired) electrons. The quantitative estimate of drug-likeness (QED) is 0.810. The van der Waals surface area contributed by atoms with Crippen LogP contribution in [-0.2, 0) is 14.3 Å². The Bertz CT molecular complexity index is 910. The van der Waals surface area contributed by atoms with Crippen LogP contribution in [-0.4, -0.2) is 29.6 Å². The van der Waals surface area contributed by atoms with Crippen molar-refractivity contribution in [1.29, 1.82) is 0 Å². The molecule has 5 heteroatoms. The minimum atomic E-state index is -1.63. The largest absolute Gasteiger partial charge is 0.496 e. The van der Waals surface area contributed by atoms with E-state index < -0.39 is 17.6 Å². The van der Waals surface area contributed by atoms with Gasteiger partial charge in [0.15, 0.2) is 5.78 Å². The minimum absolute atomic E-state index is 0.00756. The molecule has 156 valence electrons. The van der Waals surface area contributed by atoms with Crippen LogP contribution in [0.4, 0.5) is 0 Å². The van der Waals surface area contributed by atoms with Crippen LogP contribution in [0.2, 0.25) is 0 Å². The zero-order valence-corrected chi connectivity index (χ0v) is 17.9. The van der Waals surface area contributed by atoms with Crippen molar-refractivity contribution < 1.29 is 24.2 Å².